The van der Waals surface area contributed by atoms with Crippen LogP contribution in [0.4, 0.5) is 14.4 Å². The zero-order chi connectivity index (χ0) is 42.7. The van der Waals surface area contributed by atoms with E-state index in [1.807, 2.05) is 0 Å². The maximum atomic E-state index is 12.3. The number of hydrogen-bond donors (Lipinski definition) is 11. The number of carboxylic acids is 1. The summed E-state index contributed by atoms with van der Waals surface area (Å²) >= 11 is 5.16. The highest BCUT2D eigenvalue weighted by Gasteiger charge is 2.27. The molecule has 0 fully saturated rings. The van der Waals surface area contributed by atoms with Crippen molar-refractivity contribution in [1.82, 2.24) is 21.3 Å². The van der Waals surface area contributed by atoms with Gasteiger partial charge in [0, 0.05) is 25.9 Å². The summed E-state index contributed by atoms with van der Waals surface area (Å²) in [5.41, 5.74) is 0. The zero-order valence-corrected chi connectivity index (χ0v) is 31.6. The van der Waals surface area contributed by atoms with Crippen LogP contribution >= 0.6 is 27.2 Å². The van der Waals surface area contributed by atoms with Gasteiger partial charge in [-0.15, -0.1) is 0 Å². The van der Waals surface area contributed by atoms with E-state index in [0.29, 0.717) is 0 Å². The normalized spacial score (nSPS) is 15.4. The van der Waals surface area contributed by atoms with E-state index >= 15 is 0 Å². The highest BCUT2D eigenvalue weighted by atomic mass is 35.5. The fraction of sp³-hybridized carbons (Fsp3) is 0.720. The first-order valence-corrected chi connectivity index (χ1v) is 19.0. The summed E-state index contributed by atoms with van der Waals surface area (Å²) in [6.07, 6.45) is -9.32. The molecule has 0 heterocycles. The minimum Gasteiger partial charge on any atom is -0.481 e. The number of nitrogens with one attached hydrogen (secondary N) is 4. The fourth-order valence-corrected chi connectivity index (χ4v) is 5.06. The molecule has 31 heteroatoms. The van der Waals surface area contributed by atoms with E-state index in [1.54, 1.807) is 0 Å². The van der Waals surface area contributed by atoms with Crippen molar-refractivity contribution < 1.29 is 115 Å². The zero-order valence-electron chi connectivity index (χ0n) is 29.1. The second kappa shape index (κ2) is 28.6. The van der Waals surface area contributed by atoms with Gasteiger partial charge in [0.1, 0.15) is 12.8 Å². The minimum absolute atomic E-state index is 0.296. The predicted molar refractivity (Wildman–Crippen MR) is 178 cm³/mol. The lowest BCUT2D eigenvalue weighted by atomic mass is 10.3. The predicted octanol–water partition coefficient (Wildman–Crippen LogP) is -2.01. The van der Waals surface area contributed by atoms with Crippen molar-refractivity contribution in [2.75, 3.05) is 65.9 Å². The van der Waals surface area contributed by atoms with Crippen molar-refractivity contribution in [3.63, 3.8) is 0 Å². The van der Waals surface area contributed by atoms with Crippen molar-refractivity contribution in [1.29, 1.82) is 0 Å². The topological polar surface area (TPSA) is 417 Å². The van der Waals surface area contributed by atoms with E-state index in [4.69, 9.17) is 54.5 Å². The Balaban J connectivity index is 4.66. The molecule has 0 radical (unpaired) electrons. The van der Waals surface area contributed by atoms with E-state index in [-0.39, 0.29) is 39.1 Å². The van der Waals surface area contributed by atoms with Gasteiger partial charge in [0.15, 0.2) is 0 Å². The summed E-state index contributed by atoms with van der Waals surface area (Å²) in [5.74, 6) is -3.41. The molecule has 56 heavy (non-hydrogen) atoms. The van der Waals surface area contributed by atoms with E-state index in [2.05, 4.69) is 30.7 Å². The van der Waals surface area contributed by atoms with Gasteiger partial charge in [0.25, 0.3) is 0 Å². The molecule has 0 aromatic carbocycles. The number of ether oxygens (including phenoxy) is 4. The largest absolute Gasteiger partial charge is 0.508 e. The van der Waals surface area contributed by atoms with Crippen molar-refractivity contribution in [2.24, 2.45) is 0 Å². The Morgan fingerprint density at radius 1 is 0.589 bits per heavy atom. The Labute approximate surface area is 321 Å². The first-order chi connectivity index (χ1) is 26.1. The maximum Gasteiger partial charge on any atom is 0.508 e. The molecule has 11 N–H and O–H groups in total. The number of urea groups is 1. The van der Waals surface area contributed by atoms with E-state index in [0.717, 1.165) is 0 Å². The molecule has 0 aliphatic heterocycles. The number of phosphoric acid groups is 2. The third-order valence-electron chi connectivity index (χ3n) is 5.63. The van der Waals surface area contributed by atoms with Gasteiger partial charge < -0.3 is 75.5 Å². The molecular weight excluding hydrogens is 838 g/mol. The van der Waals surface area contributed by atoms with Gasteiger partial charge >= 0.3 is 40.0 Å². The number of aliphatic hydroxyl groups is 2. The molecule has 0 saturated heterocycles. The van der Waals surface area contributed by atoms with Gasteiger partial charge in [0.2, 0.25) is 29.6 Å². The number of carbonyl (C=O) groups is 7. The lowest BCUT2D eigenvalue weighted by Gasteiger charge is -2.21. The van der Waals surface area contributed by atoms with Gasteiger partial charge in [-0.2, -0.15) is 0 Å². The quantitative estimate of drug-likeness (QED) is 0.00868. The van der Waals surface area contributed by atoms with Crippen LogP contribution in [0.25, 0.3) is 0 Å². The molecule has 324 valence electrons. The number of aliphatic hydroxyl groups excluding tert-OH is 2. The molecule has 2 unspecified atom stereocenters. The average molecular weight is 881 g/mol. The standard InChI is InChI=1S/C25H43ClN4O24P2/c26-17(31)9-18(32)29-15(11-47-5-1-21(36)53-24(39)40)13-51-55(43,44)49-7-3-27-23(38)28-4-8-50-56(45,46)52-14-16(30-19(33)10-20(34)35)12-48-6-2-22(37)54-25(41)42/h15-16,21-22,36-37H,1-14H2,(H,29,32)(H,30,33)(H,34,35)(H,39,40)(H,41,42)(H,43,44)(H,45,46)(H2,27,28,38)/t15-,16-,21+,22+/m1/s1. The maximum absolute atomic E-state index is 12.3. The monoisotopic (exact) mass is 880 g/mol. The Kier molecular flexibility index (Phi) is 26.7. The lowest BCUT2D eigenvalue weighted by Crippen LogP contribution is -2.42. The molecule has 28 nitrogen and oxygen atoms in total. The molecule has 0 aromatic rings. The average Bonchev–Trinajstić information content (AvgIpc) is 3.05. The summed E-state index contributed by atoms with van der Waals surface area (Å²) < 4.78 is 61.9. The number of aliphatic carboxylic acids is 1. The Bertz CT molecular complexity index is 1280. The fourth-order valence-electron chi connectivity index (χ4n) is 3.41. The van der Waals surface area contributed by atoms with Crippen LogP contribution < -0.4 is 21.3 Å². The van der Waals surface area contributed by atoms with Gasteiger partial charge in [-0.05, 0) is 11.6 Å². The first-order valence-electron chi connectivity index (χ1n) is 15.6. The smallest absolute Gasteiger partial charge is 0.481 e. The van der Waals surface area contributed by atoms with E-state index < -0.39 is 134 Å². The molecule has 0 spiro atoms. The number of phosphoric ester groups is 2. The number of carbonyl (C=O) groups excluding carboxylic acids is 4. The van der Waals surface area contributed by atoms with Crippen molar-refractivity contribution in [3.8, 4) is 0 Å². The van der Waals surface area contributed by atoms with Crippen LogP contribution in [-0.2, 0) is 65.4 Å². The highest BCUT2D eigenvalue weighted by molar-refractivity contribution is 7.47. The highest BCUT2D eigenvalue weighted by Crippen LogP contribution is 2.43. The lowest BCUT2D eigenvalue weighted by molar-refractivity contribution is -0.141. The second-order valence-corrected chi connectivity index (χ2v) is 13.7. The summed E-state index contributed by atoms with van der Waals surface area (Å²) in [6, 6.07) is -3.30. The van der Waals surface area contributed by atoms with E-state index in [1.165, 1.54) is 0 Å². The van der Waals surface area contributed by atoms with Gasteiger partial charge in [-0.3, -0.25) is 37.3 Å². The van der Waals surface area contributed by atoms with Crippen molar-refractivity contribution in [2.45, 2.75) is 50.3 Å². The molecule has 0 saturated carbocycles. The Morgan fingerprint density at radius 3 is 1.34 bits per heavy atom. The van der Waals surface area contributed by atoms with E-state index in [9.17, 15) is 62.7 Å². The summed E-state index contributed by atoms with van der Waals surface area (Å²) in [5, 5.41) is 52.2. The van der Waals surface area contributed by atoms with Crippen LogP contribution in [0.1, 0.15) is 25.7 Å². The summed E-state index contributed by atoms with van der Waals surface area (Å²) in [6.45, 7) is -4.94. The van der Waals surface area contributed by atoms with Crippen LogP contribution in [0.5, 0.6) is 0 Å². The molecule has 0 aromatic heterocycles. The van der Waals surface area contributed by atoms with Crippen LogP contribution in [0.15, 0.2) is 0 Å². The molecule has 0 aliphatic carbocycles. The van der Waals surface area contributed by atoms with Crippen molar-refractivity contribution in [3.05, 3.63) is 0 Å². The number of halogens is 1. The number of hydrogen-bond acceptors (Lipinski definition) is 19. The Hall–Kier alpha value is -3.76. The van der Waals surface area contributed by atoms with Gasteiger partial charge in [0.05, 0.1) is 64.9 Å². The van der Waals surface area contributed by atoms with Crippen LogP contribution in [0.3, 0.4) is 0 Å². The molecule has 4 amide bonds. The van der Waals surface area contributed by atoms with Gasteiger partial charge in [-0.25, -0.2) is 23.5 Å². The van der Waals surface area contributed by atoms with Crippen LogP contribution in [0.2, 0.25) is 0 Å². The van der Waals surface area contributed by atoms with Gasteiger partial charge in [-0.1, -0.05) is 0 Å². The minimum atomic E-state index is -4.84. The summed E-state index contributed by atoms with van der Waals surface area (Å²) in [7, 11) is -9.66. The second-order valence-electron chi connectivity index (χ2n) is 10.4. The Morgan fingerprint density at radius 2 is 0.982 bits per heavy atom. The summed E-state index contributed by atoms with van der Waals surface area (Å²) in [4.78, 5) is 98.1. The third-order valence-corrected chi connectivity index (χ3v) is 7.74. The molecule has 6 atom stereocenters. The van der Waals surface area contributed by atoms with Crippen LogP contribution in [0, 0.1) is 0 Å². The first kappa shape index (κ1) is 52.2. The third kappa shape index (κ3) is 31.4. The SMILES string of the molecule is O=C(O)CC(=O)N[C@H](COCC[C@@H](O)OC(=O)O)COP(=O)(O)OCCNC(=O)NCCOP(=O)(O)OC[C@@H](COCC[C@@H](O)OC(=O)O)NC(=O)CC(=O)Cl. The molecule has 0 aliphatic rings. The van der Waals surface area contributed by atoms with Crippen molar-refractivity contribution >= 4 is 68.6 Å². The molecular formula is C25H43ClN4O24P2. The molecule has 0 bridgehead atoms. The van der Waals surface area contributed by atoms with Crippen LogP contribution in [-0.4, -0.2) is 167 Å². The number of carboxylic acid groups (broad SMARTS) is 3. The molecule has 0 rings (SSSR count). The number of rotatable bonds is 32. The number of amides is 4.